The van der Waals surface area contributed by atoms with Crippen molar-refractivity contribution in [2.75, 3.05) is 12.8 Å². The van der Waals surface area contributed by atoms with Crippen LogP contribution in [-0.4, -0.2) is 23.9 Å². The zero-order valence-corrected chi connectivity index (χ0v) is 8.94. The fraction of sp³-hybridized carbons (Fsp3) is 0.417. The Labute approximate surface area is 89.9 Å². The lowest BCUT2D eigenvalue weighted by Gasteiger charge is -2.16. The molecule has 1 aromatic rings. The molecule has 1 aliphatic rings. The quantitative estimate of drug-likeness (QED) is 0.757. The van der Waals surface area contributed by atoms with Crippen LogP contribution in [0.25, 0.3) is 0 Å². The number of rotatable bonds is 3. The highest BCUT2D eigenvalue weighted by Gasteiger charge is 2.29. The minimum absolute atomic E-state index is 0.183. The third-order valence-corrected chi connectivity index (χ3v) is 2.79. The summed E-state index contributed by atoms with van der Waals surface area (Å²) in [4.78, 5) is 13.6. The molecule has 1 amide bonds. The first-order valence-electron chi connectivity index (χ1n) is 5.27. The molecule has 80 valence electrons. The van der Waals surface area contributed by atoms with E-state index < -0.39 is 0 Å². The van der Waals surface area contributed by atoms with Gasteiger partial charge in [-0.15, -0.1) is 0 Å². The normalized spacial score (nSPS) is 15.0. The Kier molecular flexibility index (Phi) is 2.62. The number of amides is 1. The maximum atomic E-state index is 11.8. The van der Waals surface area contributed by atoms with Crippen molar-refractivity contribution >= 4 is 11.6 Å². The fourth-order valence-corrected chi connectivity index (χ4v) is 1.67. The molecule has 2 N–H and O–H groups in total. The van der Waals surface area contributed by atoms with Gasteiger partial charge in [-0.3, -0.25) is 4.79 Å². The first-order chi connectivity index (χ1) is 7.16. The molecule has 0 aromatic heterocycles. The molecule has 1 fully saturated rings. The van der Waals surface area contributed by atoms with E-state index in [9.17, 15) is 4.79 Å². The number of likely N-dealkylation sites (N-methyl/N-ethyl adjacent to an activating group) is 1. The van der Waals surface area contributed by atoms with Gasteiger partial charge < -0.3 is 10.6 Å². The van der Waals surface area contributed by atoms with Crippen LogP contribution in [0.1, 0.15) is 18.4 Å². The highest BCUT2D eigenvalue weighted by atomic mass is 16.2. The molecule has 2 rings (SSSR count). The second-order valence-corrected chi connectivity index (χ2v) is 4.16. The summed E-state index contributed by atoms with van der Waals surface area (Å²) in [6.45, 7) is 0. The third kappa shape index (κ3) is 2.49. The average Bonchev–Trinajstić information content (AvgIpc) is 2.99. The van der Waals surface area contributed by atoms with Crippen LogP contribution in [0.15, 0.2) is 24.3 Å². The molecule has 0 aliphatic heterocycles. The van der Waals surface area contributed by atoms with E-state index in [1.807, 2.05) is 36.2 Å². The second-order valence-electron chi connectivity index (χ2n) is 4.16. The van der Waals surface area contributed by atoms with E-state index in [1.54, 1.807) is 0 Å². The Morgan fingerprint density at radius 2 is 2.27 bits per heavy atom. The van der Waals surface area contributed by atoms with Crippen LogP contribution in [0.5, 0.6) is 0 Å². The van der Waals surface area contributed by atoms with E-state index in [0.717, 1.165) is 24.1 Å². The van der Waals surface area contributed by atoms with E-state index in [1.165, 1.54) is 0 Å². The molecule has 0 atom stereocenters. The summed E-state index contributed by atoms with van der Waals surface area (Å²) in [7, 11) is 1.88. The van der Waals surface area contributed by atoms with Gasteiger partial charge in [0.15, 0.2) is 0 Å². The molecular weight excluding hydrogens is 188 g/mol. The molecular formula is C12H16N2O. The van der Waals surface area contributed by atoms with Gasteiger partial charge in [-0.25, -0.2) is 0 Å². The maximum Gasteiger partial charge on any atom is 0.226 e. The summed E-state index contributed by atoms with van der Waals surface area (Å²) in [5.74, 6) is 0.183. The highest BCUT2D eigenvalue weighted by molar-refractivity contribution is 5.79. The number of hydrogen-bond donors (Lipinski definition) is 1. The molecule has 0 bridgehead atoms. The predicted molar refractivity (Wildman–Crippen MR) is 60.4 cm³/mol. The van der Waals surface area contributed by atoms with E-state index in [-0.39, 0.29) is 5.91 Å². The molecule has 3 heteroatoms. The van der Waals surface area contributed by atoms with Crippen molar-refractivity contribution in [2.24, 2.45) is 0 Å². The van der Waals surface area contributed by atoms with Crippen LogP contribution in [0.2, 0.25) is 0 Å². The third-order valence-electron chi connectivity index (χ3n) is 2.79. The summed E-state index contributed by atoms with van der Waals surface area (Å²) >= 11 is 0. The molecule has 0 heterocycles. The summed E-state index contributed by atoms with van der Waals surface area (Å²) in [6.07, 6.45) is 2.76. The topological polar surface area (TPSA) is 46.3 Å². The number of carbonyl (C=O) groups is 1. The molecule has 1 saturated carbocycles. The molecule has 0 radical (unpaired) electrons. The first kappa shape index (κ1) is 10.0. The van der Waals surface area contributed by atoms with Gasteiger partial charge in [-0.1, -0.05) is 12.1 Å². The van der Waals surface area contributed by atoms with Gasteiger partial charge >= 0.3 is 0 Å². The summed E-state index contributed by atoms with van der Waals surface area (Å²) in [5.41, 5.74) is 7.37. The van der Waals surface area contributed by atoms with Gasteiger partial charge in [-0.05, 0) is 30.5 Å². The van der Waals surface area contributed by atoms with Crippen molar-refractivity contribution in [1.82, 2.24) is 4.90 Å². The predicted octanol–water partition coefficient (Wildman–Crippen LogP) is 1.43. The molecule has 0 saturated heterocycles. The van der Waals surface area contributed by atoms with Gasteiger partial charge in [0.05, 0.1) is 6.42 Å². The van der Waals surface area contributed by atoms with Gasteiger partial charge in [0.2, 0.25) is 5.91 Å². The highest BCUT2D eigenvalue weighted by Crippen LogP contribution is 2.25. The number of nitrogens with two attached hydrogens (primary N) is 1. The van der Waals surface area contributed by atoms with Crippen LogP contribution < -0.4 is 5.73 Å². The van der Waals surface area contributed by atoms with Gasteiger partial charge in [-0.2, -0.15) is 0 Å². The Balaban J connectivity index is 1.98. The Hall–Kier alpha value is -1.51. The van der Waals surface area contributed by atoms with Crippen molar-refractivity contribution in [3.05, 3.63) is 29.8 Å². The second kappa shape index (κ2) is 3.93. The lowest BCUT2D eigenvalue weighted by molar-refractivity contribution is -0.129. The van der Waals surface area contributed by atoms with Crippen LogP contribution in [0, 0.1) is 0 Å². The largest absolute Gasteiger partial charge is 0.399 e. The van der Waals surface area contributed by atoms with Gasteiger partial charge in [0, 0.05) is 18.8 Å². The summed E-state index contributed by atoms with van der Waals surface area (Å²) < 4.78 is 0. The summed E-state index contributed by atoms with van der Waals surface area (Å²) in [5, 5.41) is 0. The van der Waals surface area contributed by atoms with Crippen molar-refractivity contribution in [1.29, 1.82) is 0 Å². The molecule has 1 aromatic carbocycles. The molecule has 0 spiro atoms. The maximum absolute atomic E-state index is 11.8. The van der Waals surface area contributed by atoms with Crippen LogP contribution >= 0.6 is 0 Å². The standard InChI is InChI=1S/C12H16N2O/c1-14(11-5-6-11)12(15)8-9-3-2-4-10(13)7-9/h2-4,7,11H,5-6,8,13H2,1H3. The lowest BCUT2D eigenvalue weighted by Crippen LogP contribution is -2.30. The lowest BCUT2D eigenvalue weighted by atomic mass is 10.1. The minimum Gasteiger partial charge on any atom is -0.399 e. The van der Waals surface area contributed by atoms with E-state index >= 15 is 0 Å². The zero-order chi connectivity index (χ0) is 10.8. The molecule has 3 nitrogen and oxygen atoms in total. The van der Waals surface area contributed by atoms with Crippen LogP contribution in [0.4, 0.5) is 5.69 Å². The van der Waals surface area contributed by atoms with Crippen LogP contribution in [0.3, 0.4) is 0 Å². The Bertz CT molecular complexity index is 372. The van der Waals surface area contributed by atoms with Crippen LogP contribution in [-0.2, 0) is 11.2 Å². The first-order valence-corrected chi connectivity index (χ1v) is 5.27. The van der Waals surface area contributed by atoms with E-state index in [4.69, 9.17) is 5.73 Å². The SMILES string of the molecule is CN(C(=O)Cc1cccc(N)c1)C1CC1. The van der Waals surface area contributed by atoms with Crippen molar-refractivity contribution in [2.45, 2.75) is 25.3 Å². The van der Waals surface area contributed by atoms with Crippen molar-refractivity contribution in [3.63, 3.8) is 0 Å². The molecule has 15 heavy (non-hydrogen) atoms. The van der Waals surface area contributed by atoms with Crippen molar-refractivity contribution in [3.8, 4) is 0 Å². The van der Waals surface area contributed by atoms with E-state index in [2.05, 4.69) is 0 Å². The number of anilines is 1. The fourth-order valence-electron chi connectivity index (χ4n) is 1.67. The number of carbonyl (C=O) groups excluding carboxylic acids is 1. The Morgan fingerprint density at radius 3 is 2.87 bits per heavy atom. The summed E-state index contributed by atoms with van der Waals surface area (Å²) in [6, 6.07) is 8.00. The van der Waals surface area contributed by atoms with Gasteiger partial charge in [0.25, 0.3) is 0 Å². The number of nitrogens with zero attached hydrogens (tertiary/aromatic N) is 1. The van der Waals surface area contributed by atoms with Crippen molar-refractivity contribution < 1.29 is 4.79 Å². The minimum atomic E-state index is 0.183. The molecule has 0 unspecified atom stereocenters. The smallest absolute Gasteiger partial charge is 0.226 e. The molecule has 1 aliphatic carbocycles. The average molecular weight is 204 g/mol. The number of nitrogen functional groups attached to an aromatic ring is 1. The number of benzene rings is 1. The van der Waals surface area contributed by atoms with Gasteiger partial charge in [0.1, 0.15) is 0 Å². The monoisotopic (exact) mass is 204 g/mol. The zero-order valence-electron chi connectivity index (χ0n) is 8.94. The number of hydrogen-bond acceptors (Lipinski definition) is 2. The van der Waals surface area contributed by atoms with E-state index in [0.29, 0.717) is 12.5 Å². The Morgan fingerprint density at radius 1 is 1.53 bits per heavy atom.